The number of carbonyl (C=O) groups excluding carboxylic acids is 2. The van der Waals surface area contributed by atoms with E-state index in [-0.39, 0.29) is 18.4 Å². The fourth-order valence-electron chi connectivity index (χ4n) is 2.72. The van der Waals surface area contributed by atoms with Crippen LogP contribution in [0.3, 0.4) is 0 Å². The Labute approximate surface area is 169 Å². The summed E-state index contributed by atoms with van der Waals surface area (Å²) in [6.07, 6.45) is 0. The molecule has 0 fully saturated rings. The number of methoxy groups -OCH3 is 1. The van der Waals surface area contributed by atoms with E-state index >= 15 is 0 Å². The van der Waals surface area contributed by atoms with Crippen molar-refractivity contribution >= 4 is 23.2 Å². The van der Waals surface area contributed by atoms with Gasteiger partial charge in [-0.3, -0.25) is 9.59 Å². The summed E-state index contributed by atoms with van der Waals surface area (Å²) in [7, 11) is 1.52. The monoisotopic (exact) mass is 390 g/mol. The molecule has 148 valence electrons. The molecule has 0 bridgehead atoms. The van der Waals surface area contributed by atoms with Crippen LogP contribution in [0.25, 0.3) is 0 Å². The van der Waals surface area contributed by atoms with Crippen LogP contribution in [0.2, 0.25) is 0 Å². The lowest BCUT2D eigenvalue weighted by Gasteiger charge is -2.13. The molecule has 0 aromatic heterocycles. The molecule has 6 heteroatoms. The van der Waals surface area contributed by atoms with Gasteiger partial charge in [0.1, 0.15) is 11.5 Å². The molecule has 0 aliphatic rings. The summed E-state index contributed by atoms with van der Waals surface area (Å²) in [5.41, 5.74) is 2.55. The summed E-state index contributed by atoms with van der Waals surface area (Å²) >= 11 is 0. The highest BCUT2D eigenvalue weighted by atomic mass is 16.5. The van der Waals surface area contributed by atoms with Gasteiger partial charge in [-0.1, -0.05) is 30.3 Å². The number of hydrogen-bond donors (Lipinski definition) is 2. The van der Waals surface area contributed by atoms with Crippen molar-refractivity contribution in [3.63, 3.8) is 0 Å². The fourth-order valence-corrected chi connectivity index (χ4v) is 2.72. The number of amides is 2. The molecule has 3 rings (SSSR count). The van der Waals surface area contributed by atoms with Gasteiger partial charge >= 0.3 is 0 Å². The van der Waals surface area contributed by atoms with E-state index in [1.807, 2.05) is 31.2 Å². The van der Waals surface area contributed by atoms with Gasteiger partial charge in [0.2, 0.25) is 0 Å². The largest absolute Gasteiger partial charge is 0.495 e. The van der Waals surface area contributed by atoms with Crippen LogP contribution in [-0.4, -0.2) is 25.5 Å². The lowest BCUT2D eigenvalue weighted by molar-refractivity contribution is -0.118. The van der Waals surface area contributed by atoms with E-state index in [4.69, 9.17) is 9.47 Å². The van der Waals surface area contributed by atoms with Gasteiger partial charge in [0.15, 0.2) is 6.61 Å². The van der Waals surface area contributed by atoms with Gasteiger partial charge in [0, 0.05) is 11.3 Å². The maximum absolute atomic E-state index is 12.4. The molecule has 6 nitrogen and oxygen atoms in total. The van der Waals surface area contributed by atoms with E-state index in [0.29, 0.717) is 28.4 Å². The quantitative estimate of drug-likeness (QED) is 0.632. The number of carbonyl (C=O) groups is 2. The number of nitrogens with one attached hydrogen (secondary N) is 2. The molecule has 0 aliphatic carbocycles. The molecule has 0 aliphatic heterocycles. The molecular weight excluding hydrogens is 368 g/mol. The Bertz CT molecular complexity index is 1000. The number of rotatable bonds is 7. The summed E-state index contributed by atoms with van der Waals surface area (Å²) in [4.78, 5) is 24.7. The Kier molecular flexibility index (Phi) is 6.47. The molecule has 2 amide bonds. The van der Waals surface area contributed by atoms with Gasteiger partial charge in [-0.05, 0) is 55.0 Å². The average molecular weight is 390 g/mol. The third-order valence-corrected chi connectivity index (χ3v) is 4.13. The maximum Gasteiger partial charge on any atom is 0.262 e. The zero-order chi connectivity index (χ0) is 20.6. The minimum Gasteiger partial charge on any atom is -0.495 e. The number of benzene rings is 3. The van der Waals surface area contributed by atoms with Gasteiger partial charge in [0.05, 0.1) is 12.8 Å². The molecule has 0 atom stereocenters. The predicted octanol–water partition coefficient (Wildman–Crippen LogP) is 4.27. The Morgan fingerprint density at radius 3 is 2.41 bits per heavy atom. The summed E-state index contributed by atoms with van der Waals surface area (Å²) in [6, 6.07) is 21.3. The summed E-state index contributed by atoms with van der Waals surface area (Å²) in [5, 5.41) is 5.57. The van der Waals surface area contributed by atoms with E-state index in [2.05, 4.69) is 10.6 Å². The first-order valence-electron chi connectivity index (χ1n) is 9.09. The van der Waals surface area contributed by atoms with Crippen molar-refractivity contribution in [1.29, 1.82) is 0 Å². The topological polar surface area (TPSA) is 76.7 Å². The van der Waals surface area contributed by atoms with E-state index in [9.17, 15) is 9.59 Å². The highest BCUT2D eigenvalue weighted by Crippen LogP contribution is 2.28. The second kappa shape index (κ2) is 9.41. The molecule has 3 aromatic carbocycles. The SMILES string of the molecule is COc1ccc(NC(=O)COc2cccc(C)c2)cc1NC(=O)c1ccccc1. The highest BCUT2D eigenvalue weighted by molar-refractivity contribution is 6.05. The van der Waals surface area contributed by atoms with Gasteiger partial charge in [0.25, 0.3) is 11.8 Å². The van der Waals surface area contributed by atoms with Crippen molar-refractivity contribution in [3.8, 4) is 11.5 Å². The van der Waals surface area contributed by atoms with Crippen molar-refractivity contribution < 1.29 is 19.1 Å². The summed E-state index contributed by atoms with van der Waals surface area (Å²) in [5.74, 6) is 0.543. The van der Waals surface area contributed by atoms with Crippen molar-refractivity contribution in [2.45, 2.75) is 6.92 Å². The third-order valence-electron chi connectivity index (χ3n) is 4.13. The highest BCUT2D eigenvalue weighted by Gasteiger charge is 2.12. The lowest BCUT2D eigenvalue weighted by atomic mass is 10.2. The van der Waals surface area contributed by atoms with Gasteiger partial charge in [-0.2, -0.15) is 0 Å². The Hall–Kier alpha value is -3.80. The molecular formula is C23H22N2O4. The number of hydrogen-bond acceptors (Lipinski definition) is 4. The van der Waals surface area contributed by atoms with Gasteiger partial charge < -0.3 is 20.1 Å². The van der Waals surface area contributed by atoms with Crippen LogP contribution in [0.15, 0.2) is 72.8 Å². The standard InChI is InChI=1S/C23H22N2O4/c1-16-7-6-10-19(13-16)29-15-22(26)24-18-11-12-21(28-2)20(14-18)25-23(27)17-8-4-3-5-9-17/h3-14H,15H2,1-2H3,(H,24,26)(H,25,27). The van der Waals surface area contributed by atoms with Crippen LogP contribution in [-0.2, 0) is 4.79 Å². The summed E-state index contributed by atoms with van der Waals surface area (Å²) < 4.78 is 10.8. The maximum atomic E-state index is 12.4. The number of aryl methyl sites for hydroxylation is 1. The molecule has 0 heterocycles. The summed E-state index contributed by atoms with van der Waals surface area (Å²) in [6.45, 7) is 1.83. The van der Waals surface area contributed by atoms with Gasteiger partial charge in [-0.25, -0.2) is 0 Å². The third kappa shape index (κ3) is 5.59. The lowest BCUT2D eigenvalue weighted by Crippen LogP contribution is -2.20. The van der Waals surface area contributed by atoms with E-state index < -0.39 is 0 Å². The minimum atomic E-state index is -0.308. The Balaban J connectivity index is 1.66. The normalized spacial score (nSPS) is 10.1. The van der Waals surface area contributed by atoms with E-state index in [1.165, 1.54) is 7.11 Å². The minimum absolute atomic E-state index is 0.124. The average Bonchev–Trinajstić information content (AvgIpc) is 2.73. The van der Waals surface area contributed by atoms with Crippen LogP contribution in [0.1, 0.15) is 15.9 Å². The molecule has 0 radical (unpaired) electrons. The van der Waals surface area contributed by atoms with Crippen LogP contribution < -0.4 is 20.1 Å². The van der Waals surface area contributed by atoms with Crippen LogP contribution in [0.4, 0.5) is 11.4 Å². The van der Waals surface area contributed by atoms with E-state index in [0.717, 1.165) is 5.56 Å². The molecule has 29 heavy (non-hydrogen) atoms. The van der Waals surface area contributed by atoms with Crippen LogP contribution >= 0.6 is 0 Å². The van der Waals surface area contributed by atoms with Crippen molar-refractivity contribution in [3.05, 3.63) is 83.9 Å². The Morgan fingerprint density at radius 1 is 0.897 bits per heavy atom. The Morgan fingerprint density at radius 2 is 1.69 bits per heavy atom. The van der Waals surface area contributed by atoms with Gasteiger partial charge in [-0.15, -0.1) is 0 Å². The fraction of sp³-hybridized carbons (Fsp3) is 0.130. The second-order valence-corrected chi connectivity index (χ2v) is 6.39. The number of ether oxygens (including phenoxy) is 2. The van der Waals surface area contributed by atoms with Crippen molar-refractivity contribution in [1.82, 2.24) is 0 Å². The zero-order valence-electron chi connectivity index (χ0n) is 16.3. The van der Waals surface area contributed by atoms with Crippen molar-refractivity contribution in [2.24, 2.45) is 0 Å². The molecule has 0 spiro atoms. The zero-order valence-corrected chi connectivity index (χ0v) is 16.3. The molecule has 0 saturated heterocycles. The first-order chi connectivity index (χ1) is 14.0. The van der Waals surface area contributed by atoms with Crippen LogP contribution in [0, 0.1) is 6.92 Å². The van der Waals surface area contributed by atoms with E-state index in [1.54, 1.807) is 48.5 Å². The first-order valence-corrected chi connectivity index (χ1v) is 9.09. The predicted molar refractivity (Wildman–Crippen MR) is 113 cm³/mol. The first kappa shape index (κ1) is 19.9. The van der Waals surface area contributed by atoms with Crippen LogP contribution in [0.5, 0.6) is 11.5 Å². The second-order valence-electron chi connectivity index (χ2n) is 6.39. The molecule has 0 saturated carbocycles. The number of anilines is 2. The molecule has 0 unspecified atom stereocenters. The molecule has 2 N–H and O–H groups in total. The van der Waals surface area contributed by atoms with Crippen molar-refractivity contribution in [2.75, 3.05) is 24.4 Å². The molecule has 3 aromatic rings. The smallest absolute Gasteiger partial charge is 0.262 e.